The highest BCUT2D eigenvalue weighted by Crippen LogP contribution is 2.33. The molecule has 0 bridgehead atoms. The molecule has 0 saturated heterocycles. The minimum atomic E-state index is -4.49. The van der Waals surface area contributed by atoms with Gasteiger partial charge in [-0.1, -0.05) is 12.2 Å². The average molecular weight is 322 g/mol. The Morgan fingerprint density at radius 1 is 1.29 bits per heavy atom. The predicted molar refractivity (Wildman–Crippen MR) is 78.5 cm³/mol. The van der Waals surface area contributed by atoms with Gasteiger partial charge in [-0.05, 0) is 18.2 Å². The fourth-order valence-corrected chi connectivity index (χ4v) is 1.79. The molecule has 118 valence electrons. The Hall–Kier alpha value is -1.38. The second-order valence-corrected chi connectivity index (χ2v) is 4.59. The average Bonchev–Trinajstić information content (AvgIpc) is 2.41. The van der Waals surface area contributed by atoms with Crippen molar-refractivity contribution in [1.82, 2.24) is 0 Å². The summed E-state index contributed by atoms with van der Waals surface area (Å²) in [6.45, 7) is 1.81. The Morgan fingerprint density at radius 2 is 2.00 bits per heavy atom. The lowest BCUT2D eigenvalue weighted by molar-refractivity contribution is -0.137. The molecule has 0 fully saturated rings. The van der Waals surface area contributed by atoms with Gasteiger partial charge >= 0.3 is 6.18 Å². The number of rotatable bonds is 8. The molecule has 0 heterocycles. The largest absolute Gasteiger partial charge is 0.417 e. The van der Waals surface area contributed by atoms with Gasteiger partial charge in [0.25, 0.3) is 0 Å². The molecule has 8 heteroatoms. The molecular formula is C13H17F3N2O2S. The van der Waals surface area contributed by atoms with Crippen molar-refractivity contribution in [2.24, 2.45) is 5.73 Å². The molecule has 0 aliphatic carbocycles. The van der Waals surface area contributed by atoms with E-state index in [1.807, 2.05) is 0 Å². The summed E-state index contributed by atoms with van der Waals surface area (Å²) in [7, 11) is 1.57. The lowest BCUT2D eigenvalue weighted by Gasteiger charge is -2.14. The van der Waals surface area contributed by atoms with Crippen molar-refractivity contribution in [3.8, 4) is 0 Å². The van der Waals surface area contributed by atoms with Crippen LogP contribution >= 0.6 is 12.2 Å². The van der Waals surface area contributed by atoms with Crippen molar-refractivity contribution < 1.29 is 22.6 Å². The normalized spacial score (nSPS) is 11.4. The number of hydrogen-bond donors (Lipinski definition) is 2. The lowest BCUT2D eigenvalue weighted by Crippen LogP contribution is -2.19. The van der Waals surface area contributed by atoms with Crippen LogP contribution in [0, 0.1) is 0 Å². The molecule has 0 aliphatic rings. The van der Waals surface area contributed by atoms with E-state index < -0.39 is 11.7 Å². The van der Waals surface area contributed by atoms with Crippen LogP contribution in [0.5, 0.6) is 0 Å². The number of alkyl halides is 3. The Labute approximate surface area is 126 Å². The number of anilines is 1. The summed E-state index contributed by atoms with van der Waals surface area (Å²) in [6, 6.07) is 3.59. The third-order valence-corrected chi connectivity index (χ3v) is 2.82. The van der Waals surface area contributed by atoms with E-state index in [1.54, 1.807) is 7.11 Å². The Kier molecular flexibility index (Phi) is 6.86. The number of halogens is 3. The zero-order valence-corrected chi connectivity index (χ0v) is 12.3. The van der Waals surface area contributed by atoms with Crippen LogP contribution in [-0.2, 0) is 15.7 Å². The number of ether oxygens (including phenoxy) is 2. The van der Waals surface area contributed by atoms with E-state index in [0.29, 0.717) is 32.1 Å². The van der Waals surface area contributed by atoms with Gasteiger partial charge in [-0.15, -0.1) is 0 Å². The van der Waals surface area contributed by atoms with Crippen LogP contribution in [0.3, 0.4) is 0 Å². The molecule has 1 aromatic rings. The van der Waals surface area contributed by atoms with Gasteiger partial charge in [-0.2, -0.15) is 13.2 Å². The second-order valence-electron chi connectivity index (χ2n) is 4.15. The third kappa shape index (κ3) is 5.86. The number of nitrogens with one attached hydrogen (secondary N) is 1. The van der Waals surface area contributed by atoms with E-state index in [0.717, 1.165) is 6.07 Å². The summed E-state index contributed by atoms with van der Waals surface area (Å²) in [5.74, 6) is 0. The molecule has 3 N–H and O–H groups in total. The first-order valence-corrected chi connectivity index (χ1v) is 6.58. The summed E-state index contributed by atoms with van der Waals surface area (Å²) < 4.78 is 48.4. The van der Waals surface area contributed by atoms with Crippen molar-refractivity contribution in [3.63, 3.8) is 0 Å². The standard InChI is InChI=1S/C13H17F3N2O2S/c1-19-6-7-20-5-4-18-9-2-3-11(13(14,15)16)10(8-9)12(17)21/h2-3,8,18H,4-7H2,1H3,(H2,17,21). The minimum Gasteiger partial charge on any atom is -0.389 e. The van der Waals surface area contributed by atoms with Gasteiger partial charge in [0.2, 0.25) is 0 Å². The summed E-state index contributed by atoms with van der Waals surface area (Å²) in [4.78, 5) is -0.290. The SMILES string of the molecule is COCCOCCNc1ccc(C(F)(F)F)c(C(N)=S)c1. The van der Waals surface area contributed by atoms with Crippen molar-refractivity contribution in [2.45, 2.75) is 6.18 Å². The minimum absolute atomic E-state index is 0.192. The fraction of sp³-hybridized carbons (Fsp3) is 0.462. The van der Waals surface area contributed by atoms with E-state index in [1.165, 1.54) is 12.1 Å². The first-order chi connectivity index (χ1) is 9.86. The van der Waals surface area contributed by atoms with Crippen LogP contribution in [0.1, 0.15) is 11.1 Å². The Bertz CT molecular complexity index is 481. The Balaban J connectivity index is 2.65. The van der Waals surface area contributed by atoms with Crippen LogP contribution in [0.25, 0.3) is 0 Å². The summed E-state index contributed by atoms with van der Waals surface area (Å²) in [5.41, 5.74) is 4.83. The number of hydrogen-bond acceptors (Lipinski definition) is 4. The van der Waals surface area contributed by atoms with Gasteiger partial charge in [0.05, 0.1) is 25.4 Å². The van der Waals surface area contributed by atoms with E-state index in [-0.39, 0.29) is 10.6 Å². The fourth-order valence-electron chi connectivity index (χ4n) is 1.62. The molecule has 0 amide bonds. The van der Waals surface area contributed by atoms with Crippen LogP contribution in [0.15, 0.2) is 18.2 Å². The molecule has 1 rings (SSSR count). The van der Waals surface area contributed by atoms with Crippen molar-refractivity contribution >= 4 is 22.9 Å². The zero-order chi connectivity index (χ0) is 15.9. The molecule has 0 atom stereocenters. The van der Waals surface area contributed by atoms with E-state index in [4.69, 9.17) is 15.2 Å². The predicted octanol–water partition coefficient (Wildman–Crippen LogP) is 2.41. The molecule has 0 unspecified atom stereocenters. The van der Waals surface area contributed by atoms with Gasteiger partial charge in [0.15, 0.2) is 0 Å². The zero-order valence-electron chi connectivity index (χ0n) is 11.5. The monoisotopic (exact) mass is 322 g/mol. The van der Waals surface area contributed by atoms with Crippen LogP contribution < -0.4 is 11.1 Å². The van der Waals surface area contributed by atoms with Gasteiger partial charge in [0, 0.05) is 24.9 Å². The topological polar surface area (TPSA) is 56.5 Å². The number of benzene rings is 1. The van der Waals surface area contributed by atoms with Crippen LogP contribution in [0.4, 0.5) is 18.9 Å². The van der Waals surface area contributed by atoms with E-state index in [9.17, 15) is 13.2 Å². The maximum absolute atomic E-state index is 12.8. The molecule has 0 aromatic heterocycles. The van der Waals surface area contributed by atoms with Gasteiger partial charge in [-0.3, -0.25) is 0 Å². The second kappa shape index (κ2) is 8.16. The van der Waals surface area contributed by atoms with Gasteiger partial charge in [-0.25, -0.2) is 0 Å². The highest BCUT2D eigenvalue weighted by atomic mass is 32.1. The summed E-state index contributed by atoms with van der Waals surface area (Å²) >= 11 is 4.67. The molecule has 0 aliphatic heterocycles. The molecule has 4 nitrogen and oxygen atoms in total. The van der Waals surface area contributed by atoms with Crippen LogP contribution in [0.2, 0.25) is 0 Å². The lowest BCUT2D eigenvalue weighted by atomic mass is 10.1. The first kappa shape index (κ1) is 17.7. The van der Waals surface area contributed by atoms with E-state index >= 15 is 0 Å². The molecule has 0 saturated carbocycles. The molecule has 0 spiro atoms. The van der Waals surface area contributed by atoms with Crippen molar-refractivity contribution in [3.05, 3.63) is 29.3 Å². The smallest absolute Gasteiger partial charge is 0.389 e. The van der Waals surface area contributed by atoms with Crippen molar-refractivity contribution in [1.29, 1.82) is 0 Å². The van der Waals surface area contributed by atoms with E-state index in [2.05, 4.69) is 17.5 Å². The highest BCUT2D eigenvalue weighted by Gasteiger charge is 2.33. The van der Waals surface area contributed by atoms with Gasteiger partial charge < -0.3 is 20.5 Å². The maximum atomic E-state index is 12.8. The number of methoxy groups -OCH3 is 1. The molecule has 1 aromatic carbocycles. The Morgan fingerprint density at radius 3 is 2.57 bits per heavy atom. The van der Waals surface area contributed by atoms with Crippen molar-refractivity contribution in [2.75, 3.05) is 38.8 Å². The number of thiocarbonyl (C=S) groups is 1. The first-order valence-electron chi connectivity index (χ1n) is 6.18. The quantitative estimate of drug-likeness (QED) is 0.569. The molecule has 0 radical (unpaired) electrons. The molecular weight excluding hydrogens is 305 g/mol. The highest BCUT2D eigenvalue weighted by molar-refractivity contribution is 7.80. The summed E-state index contributed by atoms with van der Waals surface area (Å²) in [5, 5.41) is 2.95. The maximum Gasteiger partial charge on any atom is 0.417 e. The number of nitrogens with two attached hydrogens (primary N) is 1. The van der Waals surface area contributed by atoms with Crippen LogP contribution in [-0.4, -0.2) is 38.5 Å². The molecule has 21 heavy (non-hydrogen) atoms. The summed E-state index contributed by atoms with van der Waals surface area (Å²) in [6.07, 6.45) is -4.49. The third-order valence-electron chi connectivity index (χ3n) is 2.60. The van der Waals surface area contributed by atoms with Gasteiger partial charge in [0.1, 0.15) is 4.99 Å².